The fraction of sp³-hybridized carbons (Fsp3) is 0.615. The van der Waals surface area contributed by atoms with Gasteiger partial charge in [-0.1, -0.05) is 0 Å². The smallest absolute Gasteiger partial charge is 0.327 e. The standard InChI is InChI=1S/C13H23N5O6S3/c14-6(3-25)11(21)18-7(4-26)12(22)16-1-9(19)15-2-10(20)17-8(5-27)13(23)24/h6-8,25-27H,1-5,14H2,(H,15,19)(H,16,22)(H,17,20)(H,18,21)(H,23,24)/t6-,7-,8-/m0/s1. The molecule has 0 unspecified atom stereocenters. The predicted molar refractivity (Wildman–Crippen MR) is 107 cm³/mol. The highest BCUT2D eigenvalue weighted by atomic mass is 32.1. The summed E-state index contributed by atoms with van der Waals surface area (Å²) in [5.74, 6) is -3.96. The number of carbonyl (C=O) groups excluding carboxylic acids is 4. The fourth-order valence-corrected chi connectivity index (χ4v) is 2.19. The molecule has 0 radical (unpaired) electrons. The summed E-state index contributed by atoms with van der Waals surface area (Å²) in [4.78, 5) is 57.6. The molecule has 3 atom stereocenters. The van der Waals surface area contributed by atoms with E-state index in [2.05, 4.69) is 59.2 Å². The van der Waals surface area contributed by atoms with Gasteiger partial charge in [0.05, 0.1) is 19.1 Å². The molecule has 7 N–H and O–H groups in total. The van der Waals surface area contributed by atoms with Gasteiger partial charge >= 0.3 is 5.97 Å². The Labute approximate surface area is 172 Å². The highest BCUT2D eigenvalue weighted by Gasteiger charge is 2.22. The first-order valence-electron chi connectivity index (χ1n) is 7.61. The number of thiol groups is 3. The molecule has 0 saturated heterocycles. The van der Waals surface area contributed by atoms with Crippen molar-refractivity contribution in [2.75, 3.05) is 30.3 Å². The Balaban J connectivity index is 4.32. The Morgan fingerprint density at radius 2 is 1.33 bits per heavy atom. The van der Waals surface area contributed by atoms with Crippen LogP contribution in [-0.2, 0) is 24.0 Å². The summed E-state index contributed by atoms with van der Waals surface area (Å²) in [6, 6.07) is -3.08. The van der Waals surface area contributed by atoms with Crippen molar-refractivity contribution in [3.05, 3.63) is 0 Å². The van der Waals surface area contributed by atoms with Crippen LogP contribution in [0.25, 0.3) is 0 Å². The normalized spacial score (nSPS) is 13.6. The number of carboxylic acid groups (broad SMARTS) is 1. The number of aliphatic carboxylic acids is 1. The minimum absolute atomic E-state index is 0.0266. The first kappa shape index (κ1) is 25.4. The summed E-state index contributed by atoms with van der Waals surface area (Å²) in [5.41, 5.74) is 5.48. The Bertz CT molecular complexity index is 565. The molecule has 27 heavy (non-hydrogen) atoms. The number of carboxylic acids is 1. The molecule has 0 spiro atoms. The molecule has 0 aromatic heterocycles. The molecule has 0 heterocycles. The largest absolute Gasteiger partial charge is 0.480 e. The van der Waals surface area contributed by atoms with E-state index in [4.69, 9.17) is 10.8 Å². The summed E-state index contributed by atoms with van der Waals surface area (Å²) in [5, 5.41) is 17.8. The van der Waals surface area contributed by atoms with Gasteiger partial charge in [-0.15, -0.1) is 0 Å². The maximum atomic E-state index is 12.0. The Hall–Kier alpha value is -1.64. The Kier molecular flexibility index (Phi) is 12.7. The maximum Gasteiger partial charge on any atom is 0.327 e. The molecule has 0 rings (SSSR count). The van der Waals surface area contributed by atoms with E-state index in [0.29, 0.717) is 0 Å². The van der Waals surface area contributed by atoms with Gasteiger partial charge in [0.2, 0.25) is 23.6 Å². The number of carbonyl (C=O) groups is 5. The van der Waals surface area contributed by atoms with Crippen LogP contribution in [-0.4, -0.2) is 83.2 Å². The summed E-state index contributed by atoms with van der Waals surface area (Å²) < 4.78 is 0. The molecule has 154 valence electrons. The monoisotopic (exact) mass is 441 g/mol. The molecule has 14 heteroatoms. The molecule has 0 bridgehead atoms. The molecule has 4 amide bonds. The average molecular weight is 442 g/mol. The van der Waals surface area contributed by atoms with Crippen LogP contribution in [0, 0.1) is 0 Å². The average Bonchev–Trinajstić information content (AvgIpc) is 2.65. The molecule has 0 aromatic rings. The lowest BCUT2D eigenvalue weighted by Crippen LogP contribution is -2.54. The lowest BCUT2D eigenvalue weighted by molar-refractivity contribution is -0.141. The van der Waals surface area contributed by atoms with Crippen molar-refractivity contribution in [2.45, 2.75) is 18.1 Å². The maximum absolute atomic E-state index is 12.0. The predicted octanol–water partition coefficient (Wildman–Crippen LogP) is -3.61. The van der Waals surface area contributed by atoms with E-state index in [9.17, 15) is 24.0 Å². The van der Waals surface area contributed by atoms with Crippen LogP contribution in [0.15, 0.2) is 0 Å². The number of hydrogen-bond donors (Lipinski definition) is 9. The molecule has 0 fully saturated rings. The highest BCUT2D eigenvalue weighted by Crippen LogP contribution is 1.92. The van der Waals surface area contributed by atoms with Gasteiger partial charge < -0.3 is 32.1 Å². The van der Waals surface area contributed by atoms with Crippen molar-refractivity contribution < 1.29 is 29.1 Å². The van der Waals surface area contributed by atoms with Gasteiger partial charge in [0.15, 0.2) is 0 Å². The minimum atomic E-state index is -1.26. The van der Waals surface area contributed by atoms with Gasteiger partial charge in [0, 0.05) is 17.3 Å². The second kappa shape index (κ2) is 13.5. The molecule has 0 aliphatic heterocycles. The lowest BCUT2D eigenvalue weighted by atomic mass is 10.2. The van der Waals surface area contributed by atoms with Gasteiger partial charge in [-0.25, -0.2) is 4.79 Å². The van der Waals surface area contributed by atoms with E-state index < -0.39 is 60.8 Å². The highest BCUT2D eigenvalue weighted by molar-refractivity contribution is 7.80. The molecule has 0 aliphatic carbocycles. The molecular formula is C13H23N5O6S3. The van der Waals surface area contributed by atoms with Crippen LogP contribution in [0.5, 0.6) is 0 Å². The van der Waals surface area contributed by atoms with Gasteiger partial charge in [-0.05, 0) is 0 Å². The zero-order chi connectivity index (χ0) is 21.0. The van der Waals surface area contributed by atoms with Gasteiger partial charge in [-0.2, -0.15) is 37.9 Å². The van der Waals surface area contributed by atoms with Gasteiger partial charge in [0.25, 0.3) is 0 Å². The number of hydrogen-bond acceptors (Lipinski definition) is 9. The third kappa shape index (κ3) is 10.3. The number of rotatable bonds is 12. The van der Waals surface area contributed by atoms with Gasteiger partial charge in [0.1, 0.15) is 12.1 Å². The van der Waals surface area contributed by atoms with Crippen molar-refractivity contribution in [3.63, 3.8) is 0 Å². The van der Waals surface area contributed by atoms with E-state index >= 15 is 0 Å². The van der Waals surface area contributed by atoms with Crippen LogP contribution >= 0.6 is 37.9 Å². The fourth-order valence-electron chi connectivity index (χ4n) is 1.52. The van der Waals surface area contributed by atoms with Crippen LogP contribution in [0.4, 0.5) is 0 Å². The van der Waals surface area contributed by atoms with Crippen molar-refractivity contribution >= 4 is 67.5 Å². The van der Waals surface area contributed by atoms with Crippen molar-refractivity contribution in [3.8, 4) is 0 Å². The number of nitrogens with two attached hydrogens (primary N) is 1. The zero-order valence-corrected chi connectivity index (χ0v) is 16.9. The first-order chi connectivity index (χ1) is 12.7. The van der Waals surface area contributed by atoms with Gasteiger partial charge in [-0.3, -0.25) is 19.2 Å². The second-order valence-electron chi connectivity index (χ2n) is 5.17. The summed E-state index contributed by atoms with van der Waals surface area (Å²) in [7, 11) is 0. The Morgan fingerprint density at radius 3 is 1.81 bits per heavy atom. The van der Waals surface area contributed by atoms with E-state index in [1.54, 1.807) is 0 Å². The first-order valence-corrected chi connectivity index (χ1v) is 9.51. The van der Waals surface area contributed by atoms with Crippen LogP contribution in [0.1, 0.15) is 0 Å². The van der Waals surface area contributed by atoms with E-state index in [0.717, 1.165) is 0 Å². The quantitative estimate of drug-likeness (QED) is 0.140. The summed E-state index contributed by atoms with van der Waals surface area (Å²) in [6.45, 7) is -0.935. The minimum Gasteiger partial charge on any atom is -0.480 e. The molecule has 0 aliphatic rings. The van der Waals surface area contributed by atoms with Crippen LogP contribution in [0.2, 0.25) is 0 Å². The number of amides is 4. The topological polar surface area (TPSA) is 180 Å². The van der Waals surface area contributed by atoms with Crippen molar-refractivity contribution in [1.82, 2.24) is 21.3 Å². The summed E-state index contributed by atoms with van der Waals surface area (Å²) in [6.07, 6.45) is 0. The van der Waals surface area contributed by atoms with Crippen LogP contribution in [0.3, 0.4) is 0 Å². The second-order valence-corrected chi connectivity index (χ2v) is 6.26. The SMILES string of the molecule is N[C@@H](CS)C(=O)N[C@@H](CS)C(=O)NCC(=O)NCC(=O)N[C@@H](CS)C(=O)O. The molecule has 0 aromatic carbocycles. The lowest BCUT2D eigenvalue weighted by Gasteiger charge is -2.18. The van der Waals surface area contributed by atoms with E-state index in [1.165, 1.54) is 0 Å². The summed E-state index contributed by atoms with van der Waals surface area (Å²) >= 11 is 11.6. The van der Waals surface area contributed by atoms with Crippen molar-refractivity contribution in [2.24, 2.45) is 5.73 Å². The van der Waals surface area contributed by atoms with E-state index in [-0.39, 0.29) is 17.3 Å². The number of nitrogens with one attached hydrogen (secondary N) is 4. The third-order valence-corrected chi connectivity index (χ3v) is 4.16. The van der Waals surface area contributed by atoms with Crippen LogP contribution < -0.4 is 27.0 Å². The van der Waals surface area contributed by atoms with Crippen molar-refractivity contribution in [1.29, 1.82) is 0 Å². The Morgan fingerprint density at radius 1 is 0.778 bits per heavy atom. The molecule has 11 nitrogen and oxygen atoms in total. The zero-order valence-electron chi connectivity index (χ0n) is 14.2. The third-order valence-electron chi connectivity index (χ3n) is 3.03. The molecule has 0 saturated carbocycles. The molecular weight excluding hydrogens is 418 g/mol. The van der Waals surface area contributed by atoms with E-state index in [1.807, 2.05) is 0 Å².